The molecule has 3 nitrogen and oxygen atoms in total. The smallest absolute Gasteiger partial charge is 0.417 e. The molecule has 0 aliphatic heterocycles. The lowest BCUT2D eigenvalue weighted by molar-refractivity contribution is -0.269. The van der Waals surface area contributed by atoms with Gasteiger partial charge < -0.3 is 9.84 Å². The first-order valence-electron chi connectivity index (χ1n) is 6.95. The van der Waals surface area contributed by atoms with Crippen molar-refractivity contribution in [3.63, 3.8) is 0 Å². The fraction of sp³-hybridized carbons (Fsp3) is 0.562. The molecule has 0 bridgehead atoms. The van der Waals surface area contributed by atoms with E-state index < -0.39 is 41.8 Å². The molecule has 0 spiro atoms. The van der Waals surface area contributed by atoms with Gasteiger partial charge in [-0.3, -0.25) is 4.79 Å². The van der Waals surface area contributed by atoms with Crippen LogP contribution in [0.4, 0.5) is 17.6 Å². The molecule has 0 saturated heterocycles. The molecule has 1 N–H and O–H groups in total. The van der Waals surface area contributed by atoms with Gasteiger partial charge >= 0.3 is 12.1 Å². The highest BCUT2D eigenvalue weighted by Crippen LogP contribution is 2.43. The number of alkyl halides is 3. The lowest BCUT2D eigenvalue weighted by Crippen LogP contribution is -2.50. The van der Waals surface area contributed by atoms with Crippen LogP contribution in [0.5, 0.6) is 0 Å². The van der Waals surface area contributed by atoms with E-state index in [9.17, 15) is 27.5 Å². The molecule has 0 saturated carbocycles. The second-order valence-corrected chi connectivity index (χ2v) is 6.30. The van der Waals surface area contributed by atoms with E-state index in [1.165, 1.54) is 26.0 Å². The average molecular weight is 336 g/mol. The molecule has 0 fully saturated rings. The Morgan fingerprint density at radius 3 is 2.30 bits per heavy atom. The number of carbonyl (C=O) groups excluding carboxylic acids is 1. The van der Waals surface area contributed by atoms with Crippen molar-refractivity contribution < 1.29 is 32.2 Å². The Labute approximate surface area is 132 Å². The van der Waals surface area contributed by atoms with Crippen LogP contribution in [0.15, 0.2) is 18.2 Å². The van der Waals surface area contributed by atoms with Crippen LogP contribution in [0.1, 0.15) is 37.8 Å². The third-order valence-corrected chi connectivity index (χ3v) is 3.86. The summed E-state index contributed by atoms with van der Waals surface area (Å²) in [5, 5.41) is 10.1. The molecular formula is C16H20F4O3. The largest absolute Gasteiger partial charge is 0.469 e. The second-order valence-electron chi connectivity index (χ2n) is 6.30. The van der Waals surface area contributed by atoms with Gasteiger partial charge in [0.05, 0.1) is 13.5 Å². The molecule has 1 atom stereocenters. The lowest BCUT2D eigenvalue weighted by Gasteiger charge is -2.38. The highest BCUT2D eigenvalue weighted by atomic mass is 19.4. The zero-order valence-corrected chi connectivity index (χ0v) is 13.4. The first-order chi connectivity index (χ1) is 10.3. The van der Waals surface area contributed by atoms with Crippen molar-refractivity contribution in [2.24, 2.45) is 0 Å². The van der Waals surface area contributed by atoms with Crippen molar-refractivity contribution in [3.8, 4) is 0 Å². The second kappa shape index (κ2) is 6.47. The molecule has 0 amide bonds. The molecule has 0 radical (unpaired) electrons. The van der Waals surface area contributed by atoms with Crippen LogP contribution < -0.4 is 0 Å². The third kappa shape index (κ3) is 4.43. The minimum Gasteiger partial charge on any atom is -0.469 e. The highest BCUT2D eigenvalue weighted by molar-refractivity contribution is 5.70. The summed E-state index contributed by atoms with van der Waals surface area (Å²) in [5.41, 5.74) is -3.55. The monoisotopic (exact) mass is 336 g/mol. The van der Waals surface area contributed by atoms with Gasteiger partial charge in [0.25, 0.3) is 0 Å². The molecule has 7 heteroatoms. The minimum atomic E-state index is -5.03. The van der Waals surface area contributed by atoms with Crippen LogP contribution in [0.2, 0.25) is 0 Å². The van der Waals surface area contributed by atoms with Crippen LogP contribution in [0.3, 0.4) is 0 Å². The van der Waals surface area contributed by atoms with Gasteiger partial charge in [0.15, 0.2) is 5.60 Å². The Balaban J connectivity index is 3.25. The van der Waals surface area contributed by atoms with Crippen molar-refractivity contribution in [1.29, 1.82) is 0 Å². The fourth-order valence-electron chi connectivity index (χ4n) is 2.72. The quantitative estimate of drug-likeness (QED) is 0.659. The lowest BCUT2D eigenvalue weighted by atomic mass is 9.72. The summed E-state index contributed by atoms with van der Waals surface area (Å²) in [5.74, 6) is -1.75. The third-order valence-electron chi connectivity index (χ3n) is 3.86. The Morgan fingerprint density at radius 1 is 1.26 bits per heavy atom. The number of halogens is 4. The Morgan fingerprint density at radius 2 is 1.83 bits per heavy atom. The first kappa shape index (κ1) is 19.4. The number of ether oxygens (including phenoxy) is 1. The van der Waals surface area contributed by atoms with E-state index in [0.717, 1.165) is 13.2 Å². The van der Waals surface area contributed by atoms with Gasteiger partial charge in [-0.15, -0.1) is 0 Å². The first-order valence-corrected chi connectivity index (χ1v) is 6.95. The van der Waals surface area contributed by atoms with E-state index in [1.54, 1.807) is 6.92 Å². The highest BCUT2D eigenvalue weighted by Gasteiger charge is 2.57. The van der Waals surface area contributed by atoms with Crippen molar-refractivity contribution in [2.45, 2.75) is 50.8 Å². The summed E-state index contributed by atoms with van der Waals surface area (Å²) in [6.07, 6.45) is -7.05. The number of aliphatic hydroxyl groups is 1. The molecule has 0 heterocycles. The van der Waals surface area contributed by atoms with Crippen LogP contribution in [-0.4, -0.2) is 30.0 Å². The van der Waals surface area contributed by atoms with E-state index in [0.29, 0.717) is 11.1 Å². The Hall–Kier alpha value is -1.63. The number of rotatable bonds is 5. The van der Waals surface area contributed by atoms with Crippen molar-refractivity contribution >= 4 is 5.97 Å². The number of benzene rings is 1. The maximum Gasteiger partial charge on any atom is 0.417 e. The molecule has 1 unspecified atom stereocenters. The predicted molar refractivity (Wildman–Crippen MR) is 76.4 cm³/mol. The summed E-state index contributed by atoms with van der Waals surface area (Å²) in [7, 11) is 0.945. The number of carbonyl (C=O) groups is 1. The fourth-order valence-corrected chi connectivity index (χ4v) is 2.72. The number of hydrogen-bond donors (Lipinski definition) is 1. The maximum absolute atomic E-state index is 13.5. The molecule has 130 valence electrons. The maximum atomic E-state index is 13.5. The Kier molecular flexibility index (Phi) is 5.46. The summed E-state index contributed by atoms with van der Waals surface area (Å²) >= 11 is 0. The zero-order chi connectivity index (χ0) is 18.1. The summed E-state index contributed by atoms with van der Waals surface area (Å²) in [4.78, 5) is 11.3. The van der Waals surface area contributed by atoms with E-state index >= 15 is 0 Å². The van der Waals surface area contributed by atoms with Crippen LogP contribution in [-0.2, 0) is 14.9 Å². The average Bonchev–Trinajstić information content (AvgIpc) is 2.39. The Bertz CT molecular complexity index is 581. The standard InChI is InChI=1S/C16H20F4O3/c1-10-5-6-11(17)7-12(10)14(2,3)9-15(22,16(18,19)20)8-13(21)23-4/h5-7,22H,8-9H2,1-4H3. The number of esters is 1. The van der Waals surface area contributed by atoms with Crippen LogP contribution in [0, 0.1) is 12.7 Å². The van der Waals surface area contributed by atoms with Gasteiger partial charge in [-0.25, -0.2) is 4.39 Å². The SMILES string of the molecule is COC(=O)CC(O)(CC(C)(C)c1cc(F)ccc1C)C(F)(F)F. The number of hydrogen-bond acceptors (Lipinski definition) is 3. The van der Waals surface area contributed by atoms with Gasteiger partial charge in [-0.2, -0.15) is 13.2 Å². The van der Waals surface area contributed by atoms with E-state index in [-0.39, 0.29) is 0 Å². The van der Waals surface area contributed by atoms with E-state index in [4.69, 9.17) is 0 Å². The zero-order valence-electron chi connectivity index (χ0n) is 13.4. The van der Waals surface area contributed by atoms with E-state index in [1.807, 2.05) is 0 Å². The number of aryl methyl sites for hydroxylation is 1. The molecule has 0 aromatic heterocycles. The predicted octanol–water partition coefficient (Wildman–Crippen LogP) is 3.66. The molecule has 1 aromatic carbocycles. The van der Waals surface area contributed by atoms with Gasteiger partial charge in [0.1, 0.15) is 5.82 Å². The molecule has 0 aliphatic rings. The van der Waals surface area contributed by atoms with Gasteiger partial charge in [0, 0.05) is 0 Å². The molecular weight excluding hydrogens is 316 g/mol. The van der Waals surface area contributed by atoms with Crippen molar-refractivity contribution in [2.75, 3.05) is 7.11 Å². The van der Waals surface area contributed by atoms with Gasteiger partial charge in [-0.1, -0.05) is 19.9 Å². The molecule has 1 rings (SSSR count). The van der Waals surface area contributed by atoms with Crippen LogP contribution >= 0.6 is 0 Å². The summed E-state index contributed by atoms with van der Waals surface area (Å²) < 4.78 is 57.6. The summed E-state index contributed by atoms with van der Waals surface area (Å²) in [6.45, 7) is 4.56. The van der Waals surface area contributed by atoms with E-state index in [2.05, 4.69) is 4.74 Å². The van der Waals surface area contributed by atoms with Gasteiger partial charge in [0.2, 0.25) is 0 Å². The molecule has 23 heavy (non-hydrogen) atoms. The van der Waals surface area contributed by atoms with Gasteiger partial charge in [-0.05, 0) is 42.0 Å². The number of methoxy groups -OCH3 is 1. The normalized spacial score (nSPS) is 15.2. The molecule has 1 aromatic rings. The van der Waals surface area contributed by atoms with Crippen LogP contribution in [0.25, 0.3) is 0 Å². The van der Waals surface area contributed by atoms with Crippen molar-refractivity contribution in [3.05, 3.63) is 35.1 Å². The summed E-state index contributed by atoms with van der Waals surface area (Å²) in [6, 6.07) is 3.81. The topological polar surface area (TPSA) is 46.5 Å². The van der Waals surface area contributed by atoms with Crippen molar-refractivity contribution in [1.82, 2.24) is 0 Å². The minimum absolute atomic E-state index is 0.338. The molecule has 0 aliphatic carbocycles.